The van der Waals surface area contributed by atoms with E-state index in [-0.39, 0.29) is 11.9 Å². The minimum Gasteiger partial charge on any atom is -0.497 e. The number of hydrogen-bond acceptors (Lipinski definition) is 5. The summed E-state index contributed by atoms with van der Waals surface area (Å²) in [5, 5.41) is 3.16. The molecule has 0 aromatic heterocycles. The van der Waals surface area contributed by atoms with Crippen molar-refractivity contribution >= 4 is 11.7 Å². The quantitative estimate of drug-likeness (QED) is 0.765. The number of anilines is 1. The zero-order valence-corrected chi connectivity index (χ0v) is 11.8. The third kappa shape index (κ3) is 4.44. The molecule has 0 saturated carbocycles. The summed E-state index contributed by atoms with van der Waals surface area (Å²) >= 11 is 0. The zero-order valence-electron chi connectivity index (χ0n) is 11.8. The summed E-state index contributed by atoms with van der Waals surface area (Å²) in [6, 6.07) is 6.93. The normalized spacial score (nSPS) is 13.5. The monoisotopic (exact) mass is 267 g/mol. The van der Waals surface area contributed by atoms with Crippen molar-refractivity contribution in [3.05, 3.63) is 24.3 Å². The maximum Gasteiger partial charge on any atom is 0.328 e. The number of hydrogen-bond donors (Lipinski definition) is 1. The maximum atomic E-state index is 11.8. The Labute approximate surface area is 113 Å². The Balaban J connectivity index is 2.78. The number of methoxy groups -OCH3 is 3. The number of ether oxygens (including phenoxy) is 3. The third-order valence-corrected chi connectivity index (χ3v) is 2.87. The summed E-state index contributed by atoms with van der Waals surface area (Å²) in [6.45, 7) is 2.41. The van der Waals surface area contributed by atoms with Crippen molar-refractivity contribution in [3.8, 4) is 5.75 Å². The van der Waals surface area contributed by atoms with E-state index >= 15 is 0 Å². The van der Waals surface area contributed by atoms with Crippen molar-refractivity contribution in [2.45, 2.75) is 13.0 Å². The molecular formula is C14H21NO4. The summed E-state index contributed by atoms with van der Waals surface area (Å²) < 4.78 is 15.0. The lowest BCUT2D eigenvalue weighted by Gasteiger charge is -2.23. The van der Waals surface area contributed by atoms with Gasteiger partial charge in [0.05, 0.1) is 20.8 Å². The Morgan fingerprint density at radius 1 is 1.21 bits per heavy atom. The molecule has 0 aliphatic heterocycles. The summed E-state index contributed by atoms with van der Waals surface area (Å²) in [7, 11) is 4.60. The molecule has 106 valence electrons. The first-order valence-electron chi connectivity index (χ1n) is 6.09. The maximum absolute atomic E-state index is 11.8. The number of rotatable bonds is 7. The van der Waals surface area contributed by atoms with Gasteiger partial charge in [-0.05, 0) is 24.3 Å². The molecule has 0 spiro atoms. The standard InChI is InChI=1S/C14H21NO4/c1-10(9-17-2)13(14(16)19-4)15-11-5-7-12(18-3)8-6-11/h5-8,10,13,15H,9H2,1-4H3. The second-order valence-corrected chi connectivity index (χ2v) is 4.31. The van der Waals surface area contributed by atoms with Gasteiger partial charge in [-0.15, -0.1) is 0 Å². The van der Waals surface area contributed by atoms with Crippen LogP contribution >= 0.6 is 0 Å². The second kappa shape index (κ2) is 7.63. The van der Waals surface area contributed by atoms with Crippen LogP contribution < -0.4 is 10.1 Å². The average molecular weight is 267 g/mol. The van der Waals surface area contributed by atoms with Crippen LogP contribution in [-0.2, 0) is 14.3 Å². The molecule has 0 aliphatic carbocycles. The molecule has 0 saturated heterocycles. The fourth-order valence-electron chi connectivity index (χ4n) is 1.79. The first kappa shape index (κ1) is 15.3. The highest BCUT2D eigenvalue weighted by molar-refractivity contribution is 5.79. The fraction of sp³-hybridized carbons (Fsp3) is 0.500. The molecule has 1 rings (SSSR count). The smallest absolute Gasteiger partial charge is 0.328 e. The Bertz CT molecular complexity index is 391. The van der Waals surface area contributed by atoms with E-state index in [1.54, 1.807) is 14.2 Å². The van der Waals surface area contributed by atoms with Gasteiger partial charge in [0.25, 0.3) is 0 Å². The highest BCUT2D eigenvalue weighted by Gasteiger charge is 2.25. The number of esters is 1. The van der Waals surface area contributed by atoms with E-state index in [1.807, 2.05) is 31.2 Å². The minimum absolute atomic E-state index is 0.000415. The predicted molar refractivity (Wildman–Crippen MR) is 73.5 cm³/mol. The lowest BCUT2D eigenvalue weighted by atomic mass is 10.0. The van der Waals surface area contributed by atoms with Crippen LogP contribution in [0.15, 0.2) is 24.3 Å². The summed E-state index contributed by atoms with van der Waals surface area (Å²) in [5.41, 5.74) is 0.833. The number of carbonyl (C=O) groups is 1. The van der Waals surface area contributed by atoms with E-state index in [0.717, 1.165) is 11.4 Å². The van der Waals surface area contributed by atoms with Crippen LogP contribution in [-0.4, -0.2) is 39.9 Å². The molecule has 1 aromatic carbocycles. The molecule has 2 unspecified atom stereocenters. The number of benzene rings is 1. The van der Waals surface area contributed by atoms with Gasteiger partial charge in [-0.25, -0.2) is 4.79 Å². The summed E-state index contributed by atoms with van der Waals surface area (Å²) in [4.78, 5) is 11.8. The Morgan fingerprint density at radius 2 is 1.84 bits per heavy atom. The molecule has 0 fully saturated rings. The molecule has 1 aromatic rings. The van der Waals surface area contributed by atoms with Crippen LogP contribution in [0.4, 0.5) is 5.69 Å². The van der Waals surface area contributed by atoms with E-state index in [0.29, 0.717) is 6.61 Å². The van der Waals surface area contributed by atoms with Gasteiger partial charge in [0.1, 0.15) is 11.8 Å². The van der Waals surface area contributed by atoms with Gasteiger partial charge >= 0.3 is 5.97 Å². The van der Waals surface area contributed by atoms with Crippen molar-refractivity contribution in [1.82, 2.24) is 0 Å². The molecule has 1 N–H and O–H groups in total. The van der Waals surface area contributed by atoms with Gasteiger partial charge in [-0.2, -0.15) is 0 Å². The van der Waals surface area contributed by atoms with E-state index in [2.05, 4.69) is 5.32 Å². The fourth-order valence-corrected chi connectivity index (χ4v) is 1.79. The van der Waals surface area contributed by atoms with Crippen LogP contribution in [0.25, 0.3) is 0 Å². The van der Waals surface area contributed by atoms with Gasteiger partial charge in [0.15, 0.2) is 0 Å². The largest absolute Gasteiger partial charge is 0.497 e. The van der Waals surface area contributed by atoms with Crippen molar-refractivity contribution in [3.63, 3.8) is 0 Å². The van der Waals surface area contributed by atoms with Crippen molar-refractivity contribution in [2.75, 3.05) is 33.3 Å². The third-order valence-electron chi connectivity index (χ3n) is 2.87. The van der Waals surface area contributed by atoms with Crippen LogP contribution in [0.3, 0.4) is 0 Å². The van der Waals surface area contributed by atoms with Crippen molar-refractivity contribution < 1.29 is 19.0 Å². The van der Waals surface area contributed by atoms with Crippen LogP contribution in [0, 0.1) is 5.92 Å². The van der Waals surface area contributed by atoms with Gasteiger partial charge in [0.2, 0.25) is 0 Å². The van der Waals surface area contributed by atoms with Crippen LogP contribution in [0.5, 0.6) is 5.75 Å². The average Bonchev–Trinajstić information content (AvgIpc) is 2.44. The van der Waals surface area contributed by atoms with Gasteiger partial charge in [-0.1, -0.05) is 6.92 Å². The summed E-state index contributed by atoms with van der Waals surface area (Å²) in [5.74, 6) is 0.463. The van der Waals surface area contributed by atoms with E-state index in [4.69, 9.17) is 14.2 Å². The Kier molecular flexibility index (Phi) is 6.15. The first-order valence-corrected chi connectivity index (χ1v) is 6.09. The lowest BCUT2D eigenvalue weighted by Crippen LogP contribution is -2.38. The van der Waals surface area contributed by atoms with Crippen molar-refractivity contribution in [1.29, 1.82) is 0 Å². The lowest BCUT2D eigenvalue weighted by molar-refractivity contribution is -0.143. The molecule has 0 amide bonds. The molecule has 0 aliphatic rings. The molecule has 0 heterocycles. The predicted octanol–water partition coefficient (Wildman–Crippen LogP) is 1.93. The molecule has 0 radical (unpaired) electrons. The minimum atomic E-state index is -0.446. The highest BCUT2D eigenvalue weighted by atomic mass is 16.5. The topological polar surface area (TPSA) is 56.8 Å². The van der Waals surface area contributed by atoms with Gasteiger partial charge < -0.3 is 19.5 Å². The Hall–Kier alpha value is -1.75. The first-order chi connectivity index (χ1) is 9.12. The number of nitrogens with one attached hydrogen (secondary N) is 1. The summed E-state index contributed by atoms with van der Waals surface area (Å²) in [6.07, 6.45) is 0. The SMILES string of the molecule is COCC(C)C(Nc1ccc(OC)cc1)C(=O)OC. The molecular weight excluding hydrogens is 246 g/mol. The second-order valence-electron chi connectivity index (χ2n) is 4.31. The molecule has 5 heteroatoms. The number of carbonyl (C=O) groups excluding carboxylic acids is 1. The van der Waals surface area contributed by atoms with Crippen LogP contribution in [0.2, 0.25) is 0 Å². The van der Waals surface area contributed by atoms with Crippen molar-refractivity contribution in [2.24, 2.45) is 5.92 Å². The van der Waals surface area contributed by atoms with Gasteiger partial charge in [0, 0.05) is 18.7 Å². The zero-order chi connectivity index (χ0) is 14.3. The van der Waals surface area contributed by atoms with Crippen LogP contribution in [0.1, 0.15) is 6.92 Å². The highest BCUT2D eigenvalue weighted by Crippen LogP contribution is 2.18. The van der Waals surface area contributed by atoms with Gasteiger partial charge in [-0.3, -0.25) is 0 Å². The van der Waals surface area contributed by atoms with E-state index < -0.39 is 6.04 Å². The van der Waals surface area contributed by atoms with E-state index in [1.165, 1.54) is 7.11 Å². The molecule has 2 atom stereocenters. The molecule has 19 heavy (non-hydrogen) atoms. The van der Waals surface area contributed by atoms with E-state index in [9.17, 15) is 4.79 Å². The Morgan fingerprint density at radius 3 is 2.32 bits per heavy atom. The molecule has 0 bridgehead atoms. The molecule has 5 nitrogen and oxygen atoms in total.